The van der Waals surface area contributed by atoms with E-state index in [1.807, 2.05) is 36.4 Å². The van der Waals surface area contributed by atoms with E-state index in [9.17, 15) is 4.79 Å². The standard InChI is InChI=1S/C18H12ClN3O2S/c1-24-14-8-3-2-5-11(14)10-15-17(23)22-18(25-15)20-16(21-22)12-6-4-7-13(19)9-12/h2-10H,1H3/b15-10-. The zero-order valence-electron chi connectivity index (χ0n) is 13.1. The fourth-order valence-corrected chi connectivity index (χ4v) is 3.60. The third-order valence-corrected chi connectivity index (χ3v) is 4.88. The van der Waals surface area contributed by atoms with Gasteiger partial charge in [0, 0.05) is 16.1 Å². The quantitative estimate of drug-likeness (QED) is 0.557. The van der Waals surface area contributed by atoms with E-state index >= 15 is 0 Å². The second kappa shape index (κ2) is 6.31. The van der Waals surface area contributed by atoms with Crippen LogP contribution in [0.3, 0.4) is 0 Å². The summed E-state index contributed by atoms with van der Waals surface area (Å²) in [6.45, 7) is 0. The lowest BCUT2D eigenvalue weighted by Crippen LogP contribution is -2.23. The van der Waals surface area contributed by atoms with Crippen molar-refractivity contribution in [2.24, 2.45) is 0 Å². The first kappa shape index (κ1) is 15.8. The highest BCUT2D eigenvalue weighted by Gasteiger charge is 2.12. The maximum atomic E-state index is 12.6. The van der Waals surface area contributed by atoms with Gasteiger partial charge in [-0.15, -0.1) is 5.10 Å². The van der Waals surface area contributed by atoms with Crippen molar-refractivity contribution in [3.05, 3.63) is 74.0 Å². The molecule has 25 heavy (non-hydrogen) atoms. The van der Waals surface area contributed by atoms with Gasteiger partial charge >= 0.3 is 0 Å². The number of hydrogen-bond donors (Lipinski definition) is 0. The molecule has 2 aromatic heterocycles. The van der Waals surface area contributed by atoms with Gasteiger partial charge in [-0.3, -0.25) is 4.79 Å². The Labute approximate surface area is 151 Å². The number of thiazole rings is 1. The number of fused-ring (bicyclic) bond motifs is 1. The fourth-order valence-electron chi connectivity index (χ4n) is 2.51. The topological polar surface area (TPSA) is 56.5 Å². The summed E-state index contributed by atoms with van der Waals surface area (Å²) in [7, 11) is 1.60. The summed E-state index contributed by atoms with van der Waals surface area (Å²) in [6, 6.07) is 14.8. The molecule has 0 N–H and O–H groups in total. The monoisotopic (exact) mass is 369 g/mol. The Morgan fingerprint density at radius 3 is 2.80 bits per heavy atom. The van der Waals surface area contributed by atoms with Gasteiger partial charge in [0.1, 0.15) is 5.75 Å². The Kier molecular flexibility index (Phi) is 3.99. The van der Waals surface area contributed by atoms with Gasteiger partial charge in [-0.05, 0) is 24.3 Å². The molecule has 2 heterocycles. The third kappa shape index (κ3) is 2.90. The van der Waals surface area contributed by atoms with Gasteiger partial charge in [0.15, 0.2) is 5.82 Å². The summed E-state index contributed by atoms with van der Waals surface area (Å²) in [5.74, 6) is 1.19. The van der Waals surface area contributed by atoms with Crippen molar-refractivity contribution >= 4 is 34.0 Å². The van der Waals surface area contributed by atoms with Gasteiger partial charge in [0.05, 0.1) is 11.6 Å². The average molecular weight is 370 g/mol. The van der Waals surface area contributed by atoms with Crippen molar-refractivity contribution in [3.63, 3.8) is 0 Å². The first-order valence-corrected chi connectivity index (χ1v) is 8.65. The molecule has 124 valence electrons. The van der Waals surface area contributed by atoms with E-state index in [0.29, 0.717) is 26.1 Å². The number of methoxy groups -OCH3 is 1. The maximum Gasteiger partial charge on any atom is 0.291 e. The number of rotatable bonds is 3. The van der Waals surface area contributed by atoms with Crippen LogP contribution >= 0.6 is 22.9 Å². The molecule has 2 aromatic carbocycles. The molecule has 0 aliphatic rings. The minimum absolute atomic E-state index is 0.202. The second-order valence-corrected chi connectivity index (χ2v) is 6.74. The van der Waals surface area contributed by atoms with E-state index in [4.69, 9.17) is 16.3 Å². The number of nitrogens with zero attached hydrogens (tertiary/aromatic N) is 3. The molecule has 0 saturated heterocycles. The van der Waals surface area contributed by atoms with Crippen LogP contribution in [0.1, 0.15) is 5.56 Å². The molecule has 0 aliphatic carbocycles. The van der Waals surface area contributed by atoms with Crippen molar-refractivity contribution in [3.8, 4) is 17.1 Å². The molecule has 0 fully saturated rings. The van der Waals surface area contributed by atoms with E-state index < -0.39 is 0 Å². The van der Waals surface area contributed by atoms with Crippen molar-refractivity contribution in [2.45, 2.75) is 0 Å². The Hall–Kier alpha value is -2.70. The van der Waals surface area contributed by atoms with Gasteiger partial charge < -0.3 is 4.74 Å². The van der Waals surface area contributed by atoms with Crippen LogP contribution in [0.25, 0.3) is 22.4 Å². The summed E-state index contributed by atoms with van der Waals surface area (Å²) < 4.78 is 7.20. The molecule has 0 atom stereocenters. The van der Waals surface area contributed by atoms with E-state index in [1.165, 1.54) is 15.9 Å². The molecule has 0 radical (unpaired) electrons. The number of benzene rings is 2. The van der Waals surface area contributed by atoms with Crippen LogP contribution in [0.15, 0.2) is 53.3 Å². The first-order valence-electron chi connectivity index (χ1n) is 7.46. The van der Waals surface area contributed by atoms with Crippen LogP contribution in [0.2, 0.25) is 5.02 Å². The van der Waals surface area contributed by atoms with Gasteiger partial charge in [-0.2, -0.15) is 9.50 Å². The normalized spacial score (nSPS) is 12.0. The zero-order valence-corrected chi connectivity index (χ0v) is 14.7. The minimum Gasteiger partial charge on any atom is -0.496 e. The maximum absolute atomic E-state index is 12.6. The lowest BCUT2D eigenvalue weighted by Gasteiger charge is -2.02. The van der Waals surface area contributed by atoms with E-state index in [0.717, 1.165) is 11.1 Å². The summed E-state index contributed by atoms with van der Waals surface area (Å²) in [4.78, 5) is 17.6. The van der Waals surface area contributed by atoms with Crippen molar-refractivity contribution in [1.29, 1.82) is 0 Å². The lowest BCUT2D eigenvalue weighted by molar-refractivity contribution is 0.414. The van der Waals surface area contributed by atoms with E-state index in [2.05, 4.69) is 10.1 Å². The van der Waals surface area contributed by atoms with Gasteiger partial charge in [0.25, 0.3) is 5.56 Å². The summed E-state index contributed by atoms with van der Waals surface area (Å²) in [5.41, 5.74) is 1.41. The molecule has 4 rings (SSSR count). The lowest BCUT2D eigenvalue weighted by atomic mass is 10.2. The Balaban J connectivity index is 1.84. The number of para-hydroxylation sites is 1. The van der Waals surface area contributed by atoms with E-state index in [1.54, 1.807) is 25.3 Å². The van der Waals surface area contributed by atoms with Crippen molar-refractivity contribution < 1.29 is 4.74 Å². The first-order chi connectivity index (χ1) is 12.2. The third-order valence-electron chi connectivity index (χ3n) is 3.69. The van der Waals surface area contributed by atoms with Crippen LogP contribution in [-0.4, -0.2) is 21.7 Å². The molecule has 5 nitrogen and oxygen atoms in total. The highest BCUT2D eigenvalue weighted by Crippen LogP contribution is 2.21. The summed E-state index contributed by atoms with van der Waals surface area (Å²) in [5, 5.41) is 4.92. The van der Waals surface area contributed by atoms with E-state index in [-0.39, 0.29) is 5.56 Å². The summed E-state index contributed by atoms with van der Waals surface area (Å²) in [6.07, 6.45) is 1.79. The smallest absolute Gasteiger partial charge is 0.291 e. The predicted molar refractivity (Wildman–Crippen MR) is 99.4 cm³/mol. The van der Waals surface area contributed by atoms with Crippen molar-refractivity contribution in [1.82, 2.24) is 14.6 Å². The second-order valence-electron chi connectivity index (χ2n) is 5.30. The molecule has 0 unspecified atom stereocenters. The molecule has 4 aromatic rings. The Morgan fingerprint density at radius 2 is 2.04 bits per heavy atom. The predicted octanol–water partition coefficient (Wildman–Crippen LogP) is 3.03. The SMILES string of the molecule is COc1ccccc1/C=c1\sc2nc(-c3cccc(Cl)c3)nn2c1=O. The van der Waals surface area contributed by atoms with Crippen LogP contribution in [0.5, 0.6) is 5.75 Å². The highest BCUT2D eigenvalue weighted by atomic mass is 35.5. The van der Waals surface area contributed by atoms with Gasteiger partial charge in [-0.1, -0.05) is 53.3 Å². The highest BCUT2D eigenvalue weighted by molar-refractivity contribution is 7.15. The zero-order chi connectivity index (χ0) is 17.4. The van der Waals surface area contributed by atoms with Crippen LogP contribution in [0, 0.1) is 0 Å². The molecular weight excluding hydrogens is 358 g/mol. The summed E-state index contributed by atoms with van der Waals surface area (Å²) >= 11 is 7.29. The number of hydrogen-bond acceptors (Lipinski definition) is 5. The average Bonchev–Trinajstić information content (AvgIpc) is 3.16. The fraction of sp³-hybridized carbons (Fsp3) is 0.0556. The Bertz CT molecular complexity index is 1180. The van der Waals surface area contributed by atoms with Crippen LogP contribution < -0.4 is 14.8 Å². The molecule has 0 bridgehead atoms. The molecule has 0 spiro atoms. The molecule has 7 heteroatoms. The molecular formula is C18H12ClN3O2S. The van der Waals surface area contributed by atoms with Gasteiger partial charge in [-0.25, -0.2) is 0 Å². The Morgan fingerprint density at radius 1 is 1.20 bits per heavy atom. The minimum atomic E-state index is -0.202. The van der Waals surface area contributed by atoms with Crippen LogP contribution in [0.4, 0.5) is 0 Å². The van der Waals surface area contributed by atoms with Crippen molar-refractivity contribution in [2.75, 3.05) is 7.11 Å². The molecule has 0 saturated carbocycles. The van der Waals surface area contributed by atoms with Gasteiger partial charge in [0.2, 0.25) is 4.96 Å². The molecule has 0 amide bonds. The number of ether oxygens (including phenoxy) is 1. The molecule has 0 aliphatic heterocycles. The number of halogens is 1. The largest absolute Gasteiger partial charge is 0.496 e. The number of aromatic nitrogens is 3. The van der Waals surface area contributed by atoms with Crippen LogP contribution in [-0.2, 0) is 0 Å².